The van der Waals surface area contributed by atoms with Gasteiger partial charge < -0.3 is 5.73 Å². The maximum absolute atomic E-state index is 5.70. The molecular weight excluding hydrogens is 186 g/mol. The molecule has 0 saturated heterocycles. The Morgan fingerprint density at radius 1 is 1.60 bits per heavy atom. The van der Waals surface area contributed by atoms with Crippen LogP contribution in [0.2, 0.25) is 0 Å². The maximum atomic E-state index is 5.70. The van der Waals surface area contributed by atoms with Gasteiger partial charge in [0.25, 0.3) is 0 Å². The van der Waals surface area contributed by atoms with Crippen LogP contribution in [-0.2, 0) is 0 Å². The van der Waals surface area contributed by atoms with Crippen molar-refractivity contribution in [2.45, 2.75) is 19.4 Å². The number of nitrogens with zero attached hydrogens (tertiary/aromatic N) is 2. The Balaban J connectivity index is 2.42. The molecule has 0 radical (unpaired) electrons. The van der Waals surface area contributed by atoms with Crippen LogP contribution in [0.4, 0.5) is 5.69 Å². The van der Waals surface area contributed by atoms with Crippen LogP contribution in [0.3, 0.4) is 0 Å². The Labute approximate surface area is 89.2 Å². The minimum absolute atomic E-state index is 0.344. The fourth-order valence-corrected chi connectivity index (χ4v) is 1.63. The van der Waals surface area contributed by atoms with Gasteiger partial charge in [-0.3, -0.25) is 4.68 Å². The summed E-state index contributed by atoms with van der Waals surface area (Å²) in [4.78, 5) is 0. The Kier molecular flexibility index (Phi) is 2.46. The molecule has 0 aliphatic heterocycles. The number of hydrogen-bond acceptors (Lipinski definition) is 2. The number of rotatable bonds is 3. The standard InChI is InChI=1S/C12H15N3/c1-3-4-9(2)15-8-10-5-6-11(13)7-12(10)14-15/h3,5-9H,1,4,13H2,2H3. The number of allylic oxidation sites excluding steroid dienone is 1. The first kappa shape index (κ1) is 9.77. The highest BCUT2D eigenvalue weighted by molar-refractivity contribution is 5.81. The van der Waals surface area contributed by atoms with Crippen molar-refractivity contribution in [2.24, 2.45) is 0 Å². The molecule has 1 unspecified atom stereocenters. The summed E-state index contributed by atoms with van der Waals surface area (Å²) in [6, 6.07) is 6.13. The molecule has 1 aromatic heterocycles. The molecule has 2 rings (SSSR count). The molecule has 1 aromatic carbocycles. The van der Waals surface area contributed by atoms with Crippen molar-refractivity contribution in [2.75, 3.05) is 5.73 Å². The van der Waals surface area contributed by atoms with Crippen LogP contribution in [0.5, 0.6) is 0 Å². The Bertz CT molecular complexity index is 485. The van der Waals surface area contributed by atoms with Crippen molar-refractivity contribution in [1.82, 2.24) is 9.78 Å². The fraction of sp³-hybridized carbons (Fsp3) is 0.250. The summed E-state index contributed by atoms with van der Waals surface area (Å²) in [5.74, 6) is 0. The van der Waals surface area contributed by atoms with Crippen LogP contribution >= 0.6 is 0 Å². The van der Waals surface area contributed by atoms with Crippen molar-refractivity contribution in [3.63, 3.8) is 0 Å². The van der Waals surface area contributed by atoms with E-state index in [1.165, 1.54) is 0 Å². The summed E-state index contributed by atoms with van der Waals surface area (Å²) in [7, 11) is 0. The highest BCUT2D eigenvalue weighted by Crippen LogP contribution is 2.19. The molecule has 0 saturated carbocycles. The monoisotopic (exact) mass is 201 g/mol. The molecule has 3 nitrogen and oxygen atoms in total. The minimum Gasteiger partial charge on any atom is -0.399 e. The van der Waals surface area contributed by atoms with Gasteiger partial charge in [0.15, 0.2) is 0 Å². The predicted octanol–water partition coefficient (Wildman–Crippen LogP) is 2.76. The van der Waals surface area contributed by atoms with E-state index < -0.39 is 0 Å². The molecule has 0 fully saturated rings. The number of aromatic nitrogens is 2. The summed E-state index contributed by atoms with van der Waals surface area (Å²) in [6.45, 7) is 5.86. The summed E-state index contributed by atoms with van der Waals surface area (Å²) in [6.07, 6.45) is 4.87. The van der Waals surface area contributed by atoms with Crippen molar-refractivity contribution in [3.8, 4) is 0 Å². The highest BCUT2D eigenvalue weighted by atomic mass is 15.3. The van der Waals surface area contributed by atoms with Crippen LogP contribution < -0.4 is 5.73 Å². The Morgan fingerprint density at radius 3 is 3.13 bits per heavy atom. The zero-order valence-electron chi connectivity index (χ0n) is 8.85. The molecule has 0 bridgehead atoms. The van der Waals surface area contributed by atoms with E-state index in [4.69, 9.17) is 5.73 Å². The summed E-state index contributed by atoms with van der Waals surface area (Å²) >= 11 is 0. The lowest BCUT2D eigenvalue weighted by atomic mass is 10.2. The van der Waals surface area contributed by atoms with Crippen molar-refractivity contribution < 1.29 is 0 Å². The second kappa shape index (κ2) is 3.77. The Morgan fingerprint density at radius 2 is 2.40 bits per heavy atom. The van der Waals surface area contributed by atoms with Crippen LogP contribution in [0, 0.1) is 0 Å². The lowest BCUT2D eigenvalue weighted by molar-refractivity contribution is 0.501. The van der Waals surface area contributed by atoms with Crippen LogP contribution in [0.1, 0.15) is 19.4 Å². The van der Waals surface area contributed by atoms with Gasteiger partial charge in [-0.1, -0.05) is 6.08 Å². The van der Waals surface area contributed by atoms with Crippen LogP contribution in [0.15, 0.2) is 37.1 Å². The molecule has 1 heterocycles. The third-order valence-electron chi connectivity index (χ3n) is 2.51. The van der Waals surface area contributed by atoms with E-state index in [9.17, 15) is 0 Å². The first-order valence-electron chi connectivity index (χ1n) is 5.06. The maximum Gasteiger partial charge on any atom is 0.0943 e. The van der Waals surface area contributed by atoms with Gasteiger partial charge in [0, 0.05) is 17.3 Å². The number of benzene rings is 1. The van der Waals surface area contributed by atoms with Crippen LogP contribution in [0.25, 0.3) is 10.9 Å². The number of hydrogen-bond donors (Lipinski definition) is 1. The van der Waals surface area contributed by atoms with E-state index in [1.54, 1.807) is 0 Å². The molecule has 1 atom stereocenters. The number of anilines is 1. The molecule has 3 heteroatoms. The second-order valence-corrected chi connectivity index (χ2v) is 3.80. The lowest BCUT2D eigenvalue weighted by Gasteiger charge is -2.07. The first-order chi connectivity index (χ1) is 7.20. The van der Waals surface area contributed by atoms with Crippen LogP contribution in [-0.4, -0.2) is 9.78 Å². The topological polar surface area (TPSA) is 43.8 Å². The van der Waals surface area contributed by atoms with Gasteiger partial charge in [-0.15, -0.1) is 6.58 Å². The SMILES string of the molecule is C=CCC(C)n1cc2ccc(N)cc2n1. The lowest BCUT2D eigenvalue weighted by Crippen LogP contribution is -2.03. The fourth-order valence-electron chi connectivity index (χ4n) is 1.63. The van der Waals surface area contributed by atoms with Gasteiger partial charge in [0.2, 0.25) is 0 Å². The smallest absolute Gasteiger partial charge is 0.0943 e. The molecule has 2 aromatic rings. The first-order valence-corrected chi connectivity index (χ1v) is 5.06. The zero-order valence-corrected chi connectivity index (χ0v) is 8.85. The molecule has 0 aliphatic rings. The average Bonchev–Trinajstić information content (AvgIpc) is 2.60. The van der Waals surface area contributed by atoms with Gasteiger partial charge in [0.1, 0.15) is 0 Å². The van der Waals surface area contributed by atoms with Gasteiger partial charge in [-0.25, -0.2) is 0 Å². The minimum atomic E-state index is 0.344. The van der Waals surface area contributed by atoms with Gasteiger partial charge in [-0.05, 0) is 31.5 Å². The second-order valence-electron chi connectivity index (χ2n) is 3.80. The molecule has 15 heavy (non-hydrogen) atoms. The number of nitrogen functional groups attached to an aromatic ring is 1. The number of fused-ring (bicyclic) bond motifs is 1. The van der Waals surface area contributed by atoms with E-state index >= 15 is 0 Å². The predicted molar refractivity (Wildman–Crippen MR) is 63.7 cm³/mol. The van der Waals surface area contributed by atoms with Crippen molar-refractivity contribution in [1.29, 1.82) is 0 Å². The van der Waals surface area contributed by atoms with Gasteiger partial charge in [0.05, 0.1) is 11.6 Å². The van der Waals surface area contributed by atoms with E-state index in [2.05, 4.69) is 18.6 Å². The molecule has 0 spiro atoms. The van der Waals surface area contributed by atoms with E-state index in [0.29, 0.717) is 6.04 Å². The largest absolute Gasteiger partial charge is 0.399 e. The molecule has 78 valence electrons. The quantitative estimate of drug-likeness (QED) is 0.613. The van der Waals surface area contributed by atoms with E-state index in [-0.39, 0.29) is 0 Å². The van der Waals surface area contributed by atoms with Gasteiger partial charge >= 0.3 is 0 Å². The highest BCUT2D eigenvalue weighted by Gasteiger charge is 2.05. The van der Waals surface area contributed by atoms with Gasteiger partial charge in [-0.2, -0.15) is 5.10 Å². The summed E-state index contributed by atoms with van der Waals surface area (Å²) < 4.78 is 1.96. The molecule has 0 aliphatic carbocycles. The zero-order chi connectivity index (χ0) is 10.8. The third kappa shape index (κ3) is 1.86. The molecule has 0 amide bonds. The van der Waals surface area contributed by atoms with E-state index in [0.717, 1.165) is 23.0 Å². The average molecular weight is 201 g/mol. The van der Waals surface area contributed by atoms with E-state index in [1.807, 2.05) is 35.2 Å². The molecule has 2 N–H and O–H groups in total. The summed E-state index contributed by atoms with van der Waals surface area (Å²) in [5.41, 5.74) is 7.41. The third-order valence-corrected chi connectivity index (χ3v) is 2.51. The Hall–Kier alpha value is -1.77. The summed E-state index contributed by atoms with van der Waals surface area (Å²) in [5, 5.41) is 5.61. The normalized spacial score (nSPS) is 12.9. The molecular formula is C12H15N3. The van der Waals surface area contributed by atoms with Crippen molar-refractivity contribution >= 4 is 16.6 Å². The number of nitrogens with two attached hydrogens (primary N) is 1. The van der Waals surface area contributed by atoms with Crippen molar-refractivity contribution in [3.05, 3.63) is 37.1 Å².